The van der Waals surface area contributed by atoms with Gasteiger partial charge in [0.05, 0.1) is 36.2 Å². The van der Waals surface area contributed by atoms with Gasteiger partial charge in [-0.15, -0.1) is 0 Å². The van der Waals surface area contributed by atoms with Crippen LogP contribution in [0.1, 0.15) is 64.0 Å². The molecular formula is C35H48N4O8S. The van der Waals surface area contributed by atoms with Crippen molar-refractivity contribution in [3.63, 3.8) is 0 Å². The molecule has 6 atom stereocenters. The minimum absolute atomic E-state index is 0.0125. The van der Waals surface area contributed by atoms with Crippen molar-refractivity contribution in [2.75, 3.05) is 38.2 Å². The van der Waals surface area contributed by atoms with Crippen LogP contribution in [-0.4, -0.2) is 92.9 Å². The van der Waals surface area contributed by atoms with Gasteiger partial charge in [0.1, 0.15) is 12.0 Å². The predicted octanol–water partition coefficient (Wildman–Crippen LogP) is 4.09. The molecular weight excluding hydrogens is 636 g/mol. The fourth-order valence-electron chi connectivity index (χ4n) is 6.50. The Labute approximate surface area is 283 Å². The summed E-state index contributed by atoms with van der Waals surface area (Å²) in [5, 5.41) is 17.3. The monoisotopic (exact) mass is 684 g/mol. The molecule has 12 nitrogen and oxygen atoms in total. The van der Waals surface area contributed by atoms with Gasteiger partial charge in [0.2, 0.25) is 15.9 Å². The molecule has 3 N–H and O–H groups in total. The molecule has 2 aromatic carbocycles. The van der Waals surface area contributed by atoms with E-state index in [9.17, 15) is 23.1 Å². The van der Waals surface area contributed by atoms with E-state index in [1.165, 1.54) is 16.4 Å². The number of benzene rings is 2. The molecule has 0 aliphatic carbocycles. The van der Waals surface area contributed by atoms with Crippen molar-refractivity contribution in [2.24, 2.45) is 16.8 Å². The molecule has 2 fully saturated rings. The fraction of sp³-hybridized carbons (Fsp3) is 0.571. The number of rotatable bonds is 15. The number of unbranched alkanes of at least 4 members (excludes halogenated alkanes) is 1. The highest BCUT2D eigenvalue weighted by atomic mass is 32.2. The Morgan fingerprint density at radius 1 is 1.17 bits per heavy atom. The van der Waals surface area contributed by atoms with E-state index in [0.29, 0.717) is 30.1 Å². The highest BCUT2D eigenvalue weighted by Crippen LogP contribution is 2.36. The standard InChI is InChI=1S/C35H48N4O8S/c1-5-6-15-36-23(4)32-27-18-25(12-13-28(27)37-33(32)41)48(43,44)39(19-22(2)3)20-30(40)29(17-24-10-8-7-9-11-24)38-35(42)47-31-21-46-34-26(31)14-16-45-34/h7-13,18,22,26,29-32,34,40H,5-6,14-17,19-21H2,1-4H3,(H,37,41)(H,38,42). The van der Waals surface area contributed by atoms with E-state index in [1.54, 1.807) is 13.0 Å². The second-order valence-corrected chi connectivity index (χ2v) is 15.2. The lowest BCUT2D eigenvalue weighted by Gasteiger charge is -2.31. The molecule has 2 amide bonds. The molecule has 3 aliphatic heterocycles. The van der Waals surface area contributed by atoms with Gasteiger partial charge in [0.15, 0.2) is 6.29 Å². The van der Waals surface area contributed by atoms with Crippen LogP contribution in [0.4, 0.5) is 10.5 Å². The number of hydrogen-bond donors (Lipinski definition) is 3. The Hall–Kier alpha value is -3.36. The van der Waals surface area contributed by atoms with Crippen LogP contribution in [0.2, 0.25) is 0 Å². The first kappa shape index (κ1) is 35.9. The number of nitrogens with zero attached hydrogens (tertiary/aromatic N) is 2. The summed E-state index contributed by atoms with van der Waals surface area (Å²) in [6, 6.07) is 13.1. The van der Waals surface area contributed by atoms with Gasteiger partial charge in [-0.3, -0.25) is 9.79 Å². The van der Waals surface area contributed by atoms with Crippen LogP contribution < -0.4 is 10.6 Å². The number of sulfonamides is 1. The van der Waals surface area contributed by atoms with Crippen LogP contribution in [-0.2, 0) is 35.4 Å². The van der Waals surface area contributed by atoms with E-state index < -0.39 is 40.3 Å². The minimum atomic E-state index is -4.14. The smallest absolute Gasteiger partial charge is 0.407 e. The molecule has 262 valence electrons. The van der Waals surface area contributed by atoms with E-state index in [0.717, 1.165) is 24.8 Å². The third-order valence-corrected chi connectivity index (χ3v) is 10.9. The van der Waals surface area contributed by atoms with Crippen molar-refractivity contribution in [3.8, 4) is 0 Å². The van der Waals surface area contributed by atoms with Crippen molar-refractivity contribution in [2.45, 2.75) is 88.7 Å². The average molecular weight is 685 g/mol. The van der Waals surface area contributed by atoms with E-state index in [4.69, 9.17) is 14.2 Å². The maximum Gasteiger partial charge on any atom is 0.407 e. The molecule has 48 heavy (non-hydrogen) atoms. The van der Waals surface area contributed by atoms with Crippen molar-refractivity contribution in [1.82, 2.24) is 9.62 Å². The molecule has 0 bridgehead atoms. The summed E-state index contributed by atoms with van der Waals surface area (Å²) in [6.07, 6.45) is -0.0346. The SMILES string of the molecule is CCCCN=C(C)C1C(=O)Nc2ccc(S(=O)(=O)N(CC(C)C)CC(O)C(Cc3ccccc3)NC(=O)OC3COC4OCCC34)cc21. The molecule has 2 aromatic rings. The number of aliphatic hydroxyl groups excluding tert-OH is 1. The second kappa shape index (κ2) is 15.9. The summed E-state index contributed by atoms with van der Waals surface area (Å²) in [5.41, 5.74) is 2.59. The predicted molar refractivity (Wildman–Crippen MR) is 181 cm³/mol. The Morgan fingerprint density at radius 2 is 1.94 bits per heavy atom. The topological polar surface area (TPSA) is 156 Å². The number of carbonyl (C=O) groups excluding carboxylic acids is 2. The van der Waals surface area contributed by atoms with Crippen molar-refractivity contribution in [1.29, 1.82) is 0 Å². The molecule has 13 heteroatoms. The Kier molecular flexibility index (Phi) is 11.9. The summed E-state index contributed by atoms with van der Waals surface area (Å²) < 4.78 is 46.6. The molecule has 3 aliphatic rings. The number of nitrogens with one attached hydrogen (secondary N) is 2. The van der Waals surface area contributed by atoms with Crippen LogP contribution in [0.3, 0.4) is 0 Å². The van der Waals surface area contributed by atoms with Crippen LogP contribution in [0, 0.1) is 11.8 Å². The Balaban J connectivity index is 1.37. The summed E-state index contributed by atoms with van der Waals surface area (Å²) in [5.74, 6) is -1.05. The quantitative estimate of drug-likeness (QED) is 0.187. The molecule has 6 unspecified atom stereocenters. The van der Waals surface area contributed by atoms with Gasteiger partial charge in [-0.05, 0) is 61.4 Å². The zero-order chi connectivity index (χ0) is 34.4. The van der Waals surface area contributed by atoms with Crippen LogP contribution in [0.15, 0.2) is 58.4 Å². The Bertz CT molecular complexity index is 1570. The third-order valence-electron chi connectivity index (χ3n) is 9.05. The van der Waals surface area contributed by atoms with E-state index >= 15 is 0 Å². The van der Waals surface area contributed by atoms with Gasteiger partial charge in [0, 0.05) is 31.0 Å². The summed E-state index contributed by atoms with van der Waals surface area (Å²) in [6.45, 7) is 8.85. The van der Waals surface area contributed by atoms with Gasteiger partial charge < -0.3 is 30.0 Å². The molecule has 0 aromatic heterocycles. The highest BCUT2D eigenvalue weighted by molar-refractivity contribution is 7.89. The number of anilines is 1. The Morgan fingerprint density at radius 3 is 2.67 bits per heavy atom. The molecule has 0 spiro atoms. The first-order chi connectivity index (χ1) is 23.0. The van der Waals surface area contributed by atoms with Crippen LogP contribution >= 0.6 is 0 Å². The number of alkyl carbamates (subject to hydrolysis) is 1. The number of fused-ring (bicyclic) bond motifs is 2. The minimum Gasteiger partial charge on any atom is -0.443 e. The van der Waals surface area contributed by atoms with Crippen molar-refractivity contribution < 1.29 is 37.3 Å². The maximum atomic E-state index is 14.3. The first-order valence-corrected chi connectivity index (χ1v) is 18.3. The van der Waals surface area contributed by atoms with Gasteiger partial charge in [-0.1, -0.05) is 57.5 Å². The average Bonchev–Trinajstić information content (AvgIpc) is 3.75. The number of ether oxygens (including phenoxy) is 3. The summed E-state index contributed by atoms with van der Waals surface area (Å²) in [7, 11) is -4.14. The number of amides is 2. The zero-order valence-corrected chi connectivity index (χ0v) is 28.9. The van der Waals surface area contributed by atoms with E-state index in [-0.39, 0.29) is 55.0 Å². The number of hydrogen-bond acceptors (Lipinski definition) is 9. The highest BCUT2D eigenvalue weighted by Gasteiger charge is 2.44. The summed E-state index contributed by atoms with van der Waals surface area (Å²) in [4.78, 5) is 30.7. The number of aliphatic hydroxyl groups is 1. The number of aliphatic imine (C=N–C) groups is 1. The second-order valence-electron chi connectivity index (χ2n) is 13.2. The molecule has 3 heterocycles. The van der Waals surface area contributed by atoms with Crippen LogP contribution in [0.5, 0.6) is 0 Å². The molecule has 0 radical (unpaired) electrons. The van der Waals surface area contributed by atoms with E-state index in [2.05, 4.69) is 22.5 Å². The summed E-state index contributed by atoms with van der Waals surface area (Å²) >= 11 is 0. The molecule has 5 rings (SSSR count). The van der Waals surface area contributed by atoms with Crippen molar-refractivity contribution in [3.05, 3.63) is 59.7 Å². The fourth-order valence-corrected chi connectivity index (χ4v) is 8.16. The normalized spacial score (nSPS) is 23.6. The van der Waals surface area contributed by atoms with Gasteiger partial charge in [-0.25, -0.2) is 13.2 Å². The molecule has 2 saturated heterocycles. The lowest BCUT2D eigenvalue weighted by Crippen LogP contribution is -2.51. The van der Waals surface area contributed by atoms with Gasteiger partial charge in [0.25, 0.3) is 0 Å². The lowest BCUT2D eigenvalue weighted by molar-refractivity contribution is -0.115. The largest absolute Gasteiger partial charge is 0.443 e. The lowest BCUT2D eigenvalue weighted by atomic mass is 9.96. The maximum absolute atomic E-state index is 14.3. The van der Waals surface area contributed by atoms with Gasteiger partial charge >= 0.3 is 6.09 Å². The molecule has 0 saturated carbocycles. The third kappa shape index (κ3) is 8.43. The first-order valence-electron chi connectivity index (χ1n) is 16.9. The van der Waals surface area contributed by atoms with Crippen LogP contribution in [0.25, 0.3) is 0 Å². The van der Waals surface area contributed by atoms with Gasteiger partial charge in [-0.2, -0.15) is 4.31 Å². The van der Waals surface area contributed by atoms with Crippen molar-refractivity contribution >= 4 is 33.4 Å². The van der Waals surface area contributed by atoms with E-state index in [1.807, 2.05) is 44.2 Å². The zero-order valence-electron chi connectivity index (χ0n) is 28.1. The number of carbonyl (C=O) groups is 2.